The summed E-state index contributed by atoms with van der Waals surface area (Å²) in [6.07, 6.45) is 0. The monoisotopic (exact) mass is 113 g/mol. The van der Waals surface area contributed by atoms with Crippen molar-refractivity contribution in [3.8, 4) is 0 Å². The van der Waals surface area contributed by atoms with Gasteiger partial charge in [-0.15, -0.1) is 0 Å². The summed E-state index contributed by atoms with van der Waals surface area (Å²) in [6.45, 7) is 3.20. The minimum atomic E-state index is 0. The summed E-state index contributed by atoms with van der Waals surface area (Å²) >= 11 is 0. The summed E-state index contributed by atoms with van der Waals surface area (Å²) < 4.78 is 4.73. The van der Waals surface area contributed by atoms with Gasteiger partial charge in [-0.1, -0.05) is 0 Å². The van der Waals surface area contributed by atoms with Crippen LogP contribution < -0.4 is 0 Å². The molecule has 0 fully saturated rings. The Balaban J connectivity index is 0. The summed E-state index contributed by atoms with van der Waals surface area (Å²) in [7, 11) is 0. The molecular formula is C4H10NaO2. The van der Waals surface area contributed by atoms with E-state index in [1.165, 1.54) is 0 Å². The van der Waals surface area contributed by atoms with E-state index in [9.17, 15) is 0 Å². The first-order valence-electron chi connectivity index (χ1n) is 2.10. The van der Waals surface area contributed by atoms with Crippen LogP contribution in [0, 0.1) is 0 Å². The molecule has 7 heavy (non-hydrogen) atoms. The van der Waals surface area contributed by atoms with Gasteiger partial charge >= 0.3 is 0 Å². The van der Waals surface area contributed by atoms with E-state index in [-0.39, 0.29) is 36.2 Å². The Morgan fingerprint density at radius 1 is 1.57 bits per heavy atom. The maximum absolute atomic E-state index is 8.07. The molecule has 0 aliphatic rings. The van der Waals surface area contributed by atoms with Gasteiger partial charge in [-0.3, -0.25) is 0 Å². The summed E-state index contributed by atoms with van der Waals surface area (Å²) in [5.41, 5.74) is 0. The molecule has 0 spiro atoms. The third-order valence-corrected chi connectivity index (χ3v) is 0.440. The van der Waals surface area contributed by atoms with Crippen LogP contribution in [0.3, 0.4) is 0 Å². The fourth-order valence-electron chi connectivity index (χ4n) is 0.209. The van der Waals surface area contributed by atoms with Gasteiger partial charge in [0.1, 0.15) is 0 Å². The SMILES string of the molecule is CCOCCO.[Na]. The minimum absolute atomic E-state index is 0. The zero-order valence-electron chi connectivity index (χ0n) is 4.98. The van der Waals surface area contributed by atoms with Crippen LogP contribution in [0.5, 0.6) is 0 Å². The second-order valence-electron chi connectivity index (χ2n) is 0.921. The van der Waals surface area contributed by atoms with Crippen molar-refractivity contribution < 1.29 is 9.84 Å². The topological polar surface area (TPSA) is 29.5 Å². The van der Waals surface area contributed by atoms with Crippen LogP contribution in [0.2, 0.25) is 0 Å². The molecular weight excluding hydrogens is 103 g/mol. The normalized spacial score (nSPS) is 7.71. The number of ether oxygens (including phenoxy) is 1. The van der Waals surface area contributed by atoms with Gasteiger partial charge in [0.25, 0.3) is 0 Å². The molecule has 0 aliphatic heterocycles. The van der Waals surface area contributed by atoms with Crippen molar-refractivity contribution in [2.24, 2.45) is 0 Å². The van der Waals surface area contributed by atoms with Crippen molar-refractivity contribution in [3.05, 3.63) is 0 Å². The standard InChI is InChI=1S/C4H10O2.Na/c1-2-6-4-3-5;/h5H,2-4H2,1H3;. The van der Waals surface area contributed by atoms with Crippen LogP contribution >= 0.6 is 0 Å². The van der Waals surface area contributed by atoms with Crippen molar-refractivity contribution in [2.45, 2.75) is 6.92 Å². The average Bonchev–Trinajstić information content (AvgIpc) is 1.61. The zero-order valence-corrected chi connectivity index (χ0v) is 6.98. The first-order chi connectivity index (χ1) is 2.91. The smallest absolute Gasteiger partial charge is 0.0697 e. The fraction of sp³-hybridized carbons (Fsp3) is 1.00. The van der Waals surface area contributed by atoms with E-state index < -0.39 is 0 Å². The predicted octanol–water partition coefficient (Wildman–Crippen LogP) is -0.366. The third kappa shape index (κ3) is 10.9. The molecule has 39 valence electrons. The summed E-state index contributed by atoms with van der Waals surface area (Å²) in [6, 6.07) is 0. The van der Waals surface area contributed by atoms with Crippen molar-refractivity contribution >= 4 is 29.6 Å². The van der Waals surface area contributed by atoms with Gasteiger partial charge in [0.05, 0.1) is 13.2 Å². The van der Waals surface area contributed by atoms with Gasteiger partial charge in [-0.25, -0.2) is 0 Å². The Labute approximate surface area is 66.2 Å². The van der Waals surface area contributed by atoms with E-state index in [1.54, 1.807) is 0 Å². The maximum atomic E-state index is 8.07. The molecule has 0 rings (SSSR count). The molecule has 1 radical (unpaired) electrons. The van der Waals surface area contributed by atoms with Crippen LogP contribution in [0.1, 0.15) is 6.92 Å². The third-order valence-electron chi connectivity index (χ3n) is 0.440. The number of hydrogen-bond acceptors (Lipinski definition) is 2. The van der Waals surface area contributed by atoms with Crippen molar-refractivity contribution in [1.82, 2.24) is 0 Å². The molecule has 0 saturated carbocycles. The molecule has 0 aromatic carbocycles. The van der Waals surface area contributed by atoms with Crippen LogP contribution in [0.4, 0.5) is 0 Å². The summed E-state index contributed by atoms with van der Waals surface area (Å²) in [5.74, 6) is 0. The largest absolute Gasteiger partial charge is 0.394 e. The van der Waals surface area contributed by atoms with Crippen LogP contribution in [-0.2, 0) is 4.74 Å². The molecule has 2 nitrogen and oxygen atoms in total. The van der Waals surface area contributed by atoms with Crippen molar-refractivity contribution in [2.75, 3.05) is 19.8 Å². The number of aliphatic hydroxyl groups excluding tert-OH is 1. The van der Waals surface area contributed by atoms with E-state index in [0.717, 1.165) is 0 Å². The molecule has 0 unspecified atom stereocenters. The fourth-order valence-corrected chi connectivity index (χ4v) is 0.209. The van der Waals surface area contributed by atoms with Gasteiger partial charge in [0, 0.05) is 36.2 Å². The molecule has 1 N–H and O–H groups in total. The maximum Gasteiger partial charge on any atom is 0.0697 e. The summed E-state index contributed by atoms with van der Waals surface area (Å²) in [5, 5.41) is 8.07. The van der Waals surface area contributed by atoms with Gasteiger partial charge in [0.15, 0.2) is 0 Å². The molecule has 0 atom stereocenters. The van der Waals surface area contributed by atoms with E-state index in [0.29, 0.717) is 13.2 Å². The van der Waals surface area contributed by atoms with Crippen molar-refractivity contribution in [3.63, 3.8) is 0 Å². The van der Waals surface area contributed by atoms with E-state index in [1.807, 2.05) is 6.92 Å². The van der Waals surface area contributed by atoms with E-state index in [2.05, 4.69) is 0 Å². The molecule has 3 heteroatoms. The van der Waals surface area contributed by atoms with E-state index >= 15 is 0 Å². The van der Waals surface area contributed by atoms with Gasteiger partial charge in [0.2, 0.25) is 0 Å². The van der Waals surface area contributed by atoms with Gasteiger partial charge < -0.3 is 9.84 Å². The first kappa shape index (κ1) is 10.8. The molecule has 0 bridgehead atoms. The molecule has 0 aromatic heterocycles. The summed E-state index contributed by atoms with van der Waals surface area (Å²) in [4.78, 5) is 0. The molecule has 0 amide bonds. The predicted molar refractivity (Wildman–Crippen MR) is 29.3 cm³/mol. The number of hydrogen-bond donors (Lipinski definition) is 1. The molecule has 0 aromatic rings. The Bertz CT molecular complexity index is 21.7. The van der Waals surface area contributed by atoms with E-state index in [4.69, 9.17) is 9.84 Å². The van der Waals surface area contributed by atoms with Crippen LogP contribution in [0.25, 0.3) is 0 Å². The van der Waals surface area contributed by atoms with Crippen molar-refractivity contribution in [1.29, 1.82) is 0 Å². The minimum Gasteiger partial charge on any atom is -0.394 e. The first-order valence-corrected chi connectivity index (χ1v) is 2.10. The molecule has 0 heterocycles. The van der Waals surface area contributed by atoms with Gasteiger partial charge in [-0.2, -0.15) is 0 Å². The Morgan fingerprint density at radius 3 is 2.29 bits per heavy atom. The second kappa shape index (κ2) is 10.0. The average molecular weight is 113 g/mol. The number of rotatable bonds is 3. The Hall–Kier alpha value is 0.920. The second-order valence-corrected chi connectivity index (χ2v) is 0.921. The molecule has 0 saturated heterocycles. The quantitative estimate of drug-likeness (QED) is 0.400. The zero-order chi connectivity index (χ0) is 4.83. The Kier molecular flexibility index (Phi) is 15.5. The van der Waals surface area contributed by atoms with Gasteiger partial charge in [-0.05, 0) is 6.92 Å². The Morgan fingerprint density at radius 2 is 2.14 bits per heavy atom. The van der Waals surface area contributed by atoms with Crippen LogP contribution in [-0.4, -0.2) is 54.5 Å². The number of aliphatic hydroxyl groups is 1. The van der Waals surface area contributed by atoms with Crippen LogP contribution in [0.15, 0.2) is 0 Å². The molecule has 0 aliphatic carbocycles.